The van der Waals surface area contributed by atoms with Crippen molar-refractivity contribution in [3.05, 3.63) is 64.3 Å². The average Bonchev–Trinajstić information content (AvgIpc) is 3.38. The number of aromatic nitrogens is 3. The number of hydrogen-bond acceptors (Lipinski definition) is 3. The number of fused-ring (bicyclic) bond motifs is 2. The maximum atomic E-state index is 13.4. The molecule has 7 nitrogen and oxygen atoms in total. The number of benzene rings is 1. The lowest BCUT2D eigenvalue weighted by molar-refractivity contribution is -0.122. The molecule has 0 spiro atoms. The summed E-state index contributed by atoms with van der Waals surface area (Å²) < 4.78 is 13.4. The minimum atomic E-state index is -0.470. The second-order valence-corrected chi connectivity index (χ2v) is 7.27. The number of amides is 2. The van der Waals surface area contributed by atoms with Crippen LogP contribution in [0.3, 0.4) is 0 Å². The first-order chi connectivity index (χ1) is 14.0. The van der Waals surface area contributed by atoms with E-state index in [2.05, 4.69) is 25.8 Å². The molecular formula is C20H19ClFN5O2. The molecule has 0 aliphatic heterocycles. The summed E-state index contributed by atoms with van der Waals surface area (Å²) in [5, 5.41) is 13.3. The summed E-state index contributed by atoms with van der Waals surface area (Å²) in [4.78, 5) is 27.3. The molecular weight excluding hydrogens is 397 g/mol. The van der Waals surface area contributed by atoms with Crippen LogP contribution in [-0.4, -0.2) is 40.1 Å². The largest absolute Gasteiger partial charge is 0.352 e. The van der Waals surface area contributed by atoms with E-state index >= 15 is 0 Å². The van der Waals surface area contributed by atoms with Crippen molar-refractivity contribution < 1.29 is 14.0 Å². The molecule has 2 amide bonds. The zero-order chi connectivity index (χ0) is 20.4. The van der Waals surface area contributed by atoms with Crippen molar-refractivity contribution in [2.75, 3.05) is 13.1 Å². The van der Waals surface area contributed by atoms with E-state index < -0.39 is 5.82 Å². The number of nitrogens with zero attached hydrogens (tertiary/aromatic N) is 1. The van der Waals surface area contributed by atoms with Gasteiger partial charge in [0.2, 0.25) is 5.91 Å². The number of aryl methyl sites for hydroxylation is 1. The smallest absolute Gasteiger partial charge is 0.267 e. The molecule has 0 radical (unpaired) electrons. The first-order valence-corrected chi connectivity index (χ1v) is 9.61. The lowest BCUT2D eigenvalue weighted by atomic mass is 10.1. The number of H-pyrrole nitrogens is 2. The number of aromatic amines is 2. The van der Waals surface area contributed by atoms with Gasteiger partial charge < -0.3 is 15.6 Å². The second-order valence-electron chi connectivity index (χ2n) is 6.86. The Labute approximate surface area is 170 Å². The van der Waals surface area contributed by atoms with Crippen molar-refractivity contribution in [1.29, 1.82) is 0 Å². The van der Waals surface area contributed by atoms with E-state index in [4.69, 9.17) is 11.6 Å². The predicted molar refractivity (Wildman–Crippen MR) is 107 cm³/mol. The third kappa shape index (κ3) is 4.02. The summed E-state index contributed by atoms with van der Waals surface area (Å²) in [6, 6.07) is 4.08. The highest BCUT2D eigenvalue weighted by molar-refractivity contribution is 6.35. The number of carbonyl (C=O) groups is 2. The third-order valence-electron chi connectivity index (χ3n) is 4.96. The quantitative estimate of drug-likeness (QED) is 0.465. The van der Waals surface area contributed by atoms with Crippen LogP contribution in [0.15, 0.2) is 36.5 Å². The van der Waals surface area contributed by atoms with Gasteiger partial charge >= 0.3 is 0 Å². The van der Waals surface area contributed by atoms with Gasteiger partial charge in [-0.2, -0.15) is 5.10 Å². The van der Waals surface area contributed by atoms with E-state index in [0.29, 0.717) is 29.7 Å². The molecule has 2 heterocycles. The SMILES string of the molecule is O=C(NC/C=C\CNC(=O)C1CCc2cn[nH]c21)c1cc2c(Cl)cc(F)cc2[nH]1. The van der Waals surface area contributed by atoms with Gasteiger partial charge in [-0.3, -0.25) is 14.7 Å². The molecule has 2 aromatic heterocycles. The number of hydrogen-bond donors (Lipinski definition) is 4. The third-order valence-corrected chi connectivity index (χ3v) is 5.27. The fourth-order valence-corrected chi connectivity index (χ4v) is 3.77. The average molecular weight is 416 g/mol. The van der Waals surface area contributed by atoms with Crippen molar-refractivity contribution in [2.24, 2.45) is 0 Å². The van der Waals surface area contributed by atoms with Crippen LogP contribution in [0.2, 0.25) is 5.02 Å². The predicted octanol–water partition coefficient (Wildman–Crippen LogP) is 2.82. The van der Waals surface area contributed by atoms with Gasteiger partial charge in [0, 0.05) is 18.5 Å². The van der Waals surface area contributed by atoms with Gasteiger partial charge in [0.1, 0.15) is 11.5 Å². The molecule has 1 aromatic carbocycles. The molecule has 0 fully saturated rings. The summed E-state index contributed by atoms with van der Waals surface area (Å²) in [7, 11) is 0. The Morgan fingerprint density at radius 2 is 2.03 bits per heavy atom. The highest BCUT2D eigenvalue weighted by atomic mass is 35.5. The van der Waals surface area contributed by atoms with Gasteiger partial charge in [-0.15, -0.1) is 0 Å². The maximum absolute atomic E-state index is 13.4. The molecule has 0 saturated heterocycles. The maximum Gasteiger partial charge on any atom is 0.267 e. The monoisotopic (exact) mass is 415 g/mol. The van der Waals surface area contributed by atoms with Crippen LogP contribution in [0, 0.1) is 5.82 Å². The van der Waals surface area contributed by atoms with Crippen LogP contribution in [0.25, 0.3) is 10.9 Å². The van der Waals surface area contributed by atoms with Gasteiger partial charge in [0.25, 0.3) is 5.91 Å². The minimum absolute atomic E-state index is 0.0381. The number of carbonyl (C=O) groups excluding carboxylic acids is 2. The topological polar surface area (TPSA) is 103 Å². The molecule has 1 unspecified atom stereocenters. The van der Waals surface area contributed by atoms with Crippen molar-refractivity contribution in [2.45, 2.75) is 18.8 Å². The molecule has 4 rings (SSSR count). The summed E-state index contributed by atoms with van der Waals surface area (Å²) in [5.74, 6) is -1.02. The molecule has 0 bridgehead atoms. The van der Waals surface area contributed by atoms with Crippen molar-refractivity contribution in [1.82, 2.24) is 25.8 Å². The normalized spacial score (nSPS) is 15.7. The van der Waals surface area contributed by atoms with Crippen LogP contribution in [-0.2, 0) is 11.2 Å². The Balaban J connectivity index is 1.24. The summed E-state index contributed by atoms with van der Waals surface area (Å²) >= 11 is 5.99. The number of halogens is 2. The highest BCUT2D eigenvalue weighted by Gasteiger charge is 2.29. The Morgan fingerprint density at radius 3 is 2.86 bits per heavy atom. The van der Waals surface area contributed by atoms with E-state index in [0.717, 1.165) is 24.1 Å². The molecule has 9 heteroatoms. The molecule has 29 heavy (non-hydrogen) atoms. The van der Waals surface area contributed by atoms with Crippen LogP contribution in [0.5, 0.6) is 0 Å². The van der Waals surface area contributed by atoms with Crippen LogP contribution < -0.4 is 10.6 Å². The zero-order valence-electron chi connectivity index (χ0n) is 15.4. The Bertz CT molecular complexity index is 1100. The minimum Gasteiger partial charge on any atom is -0.352 e. The van der Waals surface area contributed by atoms with Crippen LogP contribution >= 0.6 is 11.6 Å². The first kappa shape index (κ1) is 19.2. The van der Waals surface area contributed by atoms with Gasteiger partial charge in [-0.05, 0) is 36.6 Å². The lowest BCUT2D eigenvalue weighted by Crippen LogP contribution is -2.29. The molecule has 3 aromatic rings. The van der Waals surface area contributed by atoms with Crippen molar-refractivity contribution >= 4 is 34.3 Å². The second kappa shape index (κ2) is 8.08. The van der Waals surface area contributed by atoms with E-state index in [9.17, 15) is 14.0 Å². The van der Waals surface area contributed by atoms with Crippen LogP contribution in [0.4, 0.5) is 4.39 Å². The molecule has 0 saturated carbocycles. The van der Waals surface area contributed by atoms with Gasteiger partial charge in [0.15, 0.2) is 0 Å². The number of nitrogens with one attached hydrogen (secondary N) is 4. The lowest BCUT2D eigenvalue weighted by Gasteiger charge is -2.09. The Hall–Kier alpha value is -3.13. The van der Waals surface area contributed by atoms with E-state index in [1.165, 1.54) is 12.1 Å². The summed E-state index contributed by atoms with van der Waals surface area (Å²) in [6.07, 6.45) is 6.94. The Morgan fingerprint density at radius 1 is 1.24 bits per heavy atom. The van der Waals surface area contributed by atoms with Crippen molar-refractivity contribution in [3.63, 3.8) is 0 Å². The Kier molecular flexibility index (Phi) is 5.35. The first-order valence-electron chi connectivity index (χ1n) is 9.23. The van der Waals surface area contributed by atoms with Crippen molar-refractivity contribution in [3.8, 4) is 0 Å². The number of rotatable bonds is 6. The molecule has 1 aliphatic rings. The highest BCUT2D eigenvalue weighted by Crippen LogP contribution is 2.31. The zero-order valence-corrected chi connectivity index (χ0v) is 16.1. The van der Waals surface area contributed by atoms with E-state index in [1.54, 1.807) is 24.4 Å². The van der Waals surface area contributed by atoms with Gasteiger partial charge in [0.05, 0.1) is 28.3 Å². The summed E-state index contributed by atoms with van der Waals surface area (Å²) in [5.41, 5.74) is 2.76. The fraction of sp³-hybridized carbons (Fsp3) is 0.250. The standard InChI is InChI=1S/C20H19ClFN5O2/c21-15-7-12(22)8-16-14(15)9-17(26-16)20(29)24-6-2-1-5-23-19(28)13-4-3-11-10-25-27-18(11)13/h1-2,7-10,13,26H,3-6H2,(H,23,28)(H,24,29)(H,25,27)/b2-1-. The summed E-state index contributed by atoms with van der Waals surface area (Å²) in [6.45, 7) is 0.663. The van der Waals surface area contributed by atoms with E-state index in [1.807, 2.05) is 0 Å². The van der Waals surface area contributed by atoms with E-state index in [-0.39, 0.29) is 22.8 Å². The van der Waals surface area contributed by atoms with Gasteiger partial charge in [-0.25, -0.2) is 4.39 Å². The molecule has 1 aliphatic carbocycles. The van der Waals surface area contributed by atoms with Crippen LogP contribution in [0.1, 0.15) is 34.1 Å². The fourth-order valence-electron chi connectivity index (χ4n) is 3.51. The molecule has 1 atom stereocenters. The molecule has 4 N–H and O–H groups in total. The van der Waals surface area contributed by atoms with Gasteiger partial charge in [-0.1, -0.05) is 23.8 Å². The molecule has 150 valence electrons.